The highest BCUT2D eigenvalue weighted by Crippen LogP contribution is 2.46. The number of nitrogens with one attached hydrogen (secondary N) is 1. The Kier molecular flexibility index (Phi) is 3.24. The highest BCUT2D eigenvalue weighted by molar-refractivity contribution is 4.91. The minimum Gasteiger partial charge on any atom is -0.314 e. The van der Waals surface area contributed by atoms with E-state index in [2.05, 4.69) is 12.2 Å². The zero-order valence-corrected chi connectivity index (χ0v) is 10.8. The smallest absolute Gasteiger partial charge is 0.00683 e. The van der Waals surface area contributed by atoms with Gasteiger partial charge in [-0.3, -0.25) is 0 Å². The van der Waals surface area contributed by atoms with Crippen LogP contribution < -0.4 is 5.32 Å². The summed E-state index contributed by atoms with van der Waals surface area (Å²) < 4.78 is 0. The Labute approximate surface area is 100 Å². The Morgan fingerprint density at radius 3 is 2.50 bits per heavy atom. The SMILES string of the molecule is CC1CCCC(C2CCC2CNC2CC2)C1. The van der Waals surface area contributed by atoms with E-state index in [1.165, 1.54) is 57.9 Å². The van der Waals surface area contributed by atoms with Crippen molar-refractivity contribution >= 4 is 0 Å². The topological polar surface area (TPSA) is 12.0 Å². The number of hydrogen-bond donors (Lipinski definition) is 1. The maximum Gasteiger partial charge on any atom is 0.00683 e. The monoisotopic (exact) mass is 221 g/mol. The first kappa shape index (κ1) is 11.1. The van der Waals surface area contributed by atoms with Gasteiger partial charge in [0.15, 0.2) is 0 Å². The molecule has 3 fully saturated rings. The van der Waals surface area contributed by atoms with Crippen LogP contribution >= 0.6 is 0 Å². The molecule has 4 unspecified atom stereocenters. The summed E-state index contributed by atoms with van der Waals surface area (Å²) in [6.45, 7) is 3.79. The van der Waals surface area contributed by atoms with Crippen LogP contribution in [0.1, 0.15) is 58.3 Å². The Morgan fingerprint density at radius 2 is 1.88 bits per heavy atom. The standard InChI is InChI=1S/C15H27N/c1-11-3-2-4-12(9-11)15-8-5-13(15)10-16-14-6-7-14/h11-16H,2-10H2,1H3. The van der Waals surface area contributed by atoms with Gasteiger partial charge >= 0.3 is 0 Å². The second-order valence-corrected chi connectivity index (χ2v) is 6.72. The molecule has 0 bridgehead atoms. The summed E-state index contributed by atoms with van der Waals surface area (Å²) in [6.07, 6.45) is 12.0. The van der Waals surface area contributed by atoms with E-state index in [4.69, 9.17) is 0 Å². The van der Waals surface area contributed by atoms with Crippen LogP contribution in [0.25, 0.3) is 0 Å². The van der Waals surface area contributed by atoms with Crippen molar-refractivity contribution in [2.24, 2.45) is 23.7 Å². The second kappa shape index (κ2) is 4.68. The van der Waals surface area contributed by atoms with E-state index < -0.39 is 0 Å². The van der Waals surface area contributed by atoms with Crippen molar-refractivity contribution in [3.8, 4) is 0 Å². The molecule has 16 heavy (non-hydrogen) atoms. The van der Waals surface area contributed by atoms with Gasteiger partial charge in [-0.05, 0) is 62.3 Å². The van der Waals surface area contributed by atoms with Crippen molar-refractivity contribution in [1.82, 2.24) is 5.32 Å². The number of rotatable bonds is 4. The maximum atomic E-state index is 3.74. The molecule has 0 spiro atoms. The Hall–Kier alpha value is -0.0400. The maximum absolute atomic E-state index is 3.74. The summed E-state index contributed by atoms with van der Waals surface area (Å²) >= 11 is 0. The lowest BCUT2D eigenvalue weighted by molar-refractivity contribution is 0.0653. The van der Waals surface area contributed by atoms with E-state index in [0.717, 1.165) is 29.7 Å². The van der Waals surface area contributed by atoms with Crippen molar-refractivity contribution in [3.05, 3.63) is 0 Å². The molecule has 3 rings (SSSR count). The fraction of sp³-hybridized carbons (Fsp3) is 1.00. The molecule has 1 heteroatoms. The lowest BCUT2D eigenvalue weighted by Crippen LogP contribution is -2.41. The molecule has 0 aromatic heterocycles. The molecule has 4 atom stereocenters. The van der Waals surface area contributed by atoms with E-state index in [1.54, 1.807) is 0 Å². The van der Waals surface area contributed by atoms with Crippen LogP contribution in [0.3, 0.4) is 0 Å². The predicted molar refractivity (Wildman–Crippen MR) is 68.4 cm³/mol. The van der Waals surface area contributed by atoms with Gasteiger partial charge in [-0.25, -0.2) is 0 Å². The second-order valence-electron chi connectivity index (χ2n) is 6.72. The summed E-state index contributed by atoms with van der Waals surface area (Å²) in [7, 11) is 0. The van der Waals surface area contributed by atoms with Crippen molar-refractivity contribution in [2.45, 2.75) is 64.3 Å². The third kappa shape index (κ3) is 2.45. The van der Waals surface area contributed by atoms with Crippen LogP contribution in [0, 0.1) is 23.7 Å². The molecule has 0 saturated heterocycles. The van der Waals surface area contributed by atoms with E-state index in [1.807, 2.05) is 0 Å². The molecule has 0 aromatic rings. The molecule has 1 N–H and O–H groups in total. The highest BCUT2D eigenvalue weighted by atomic mass is 14.9. The lowest BCUT2D eigenvalue weighted by Gasteiger charge is -2.45. The predicted octanol–water partition coefficient (Wildman–Crippen LogP) is 3.59. The van der Waals surface area contributed by atoms with Crippen LogP contribution in [0.15, 0.2) is 0 Å². The first-order valence-corrected chi connectivity index (χ1v) is 7.56. The van der Waals surface area contributed by atoms with Crippen molar-refractivity contribution in [3.63, 3.8) is 0 Å². The molecular weight excluding hydrogens is 194 g/mol. The molecule has 0 aromatic carbocycles. The molecule has 1 nitrogen and oxygen atoms in total. The van der Waals surface area contributed by atoms with Gasteiger partial charge in [0.25, 0.3) is 0 Å². The van der Waals surface area contributed by atoms with Crippen LogP contribution in [-0.2, 0) is 0 Å². The van der Waals surface area contributed by atoms with Gasteiger partial charge in [0.2, 0.25) is 0 Å². The molecular formula is C15H27N. The van der Waals surface area contributed by atoms with Gasteiger partial charge in [0, 0.05) is 6.04 Å². The summed E-state index contributed by atoms with van der Waals surface area (Å²) in [5.41, 5.74) is 0. The van der Waals surface area contributed by atoms with Crippen LogP contribution in [0.4, 0.5) is 0 Å². The van der Waals surface area contributed by atoms with Crippen LogP contribution in [0.5, 0.6) is 0 Å². The quantitative estimate of drug-likeness (QED) is 0.765. The zero-order valence-electron chi connectivity index (χ0n) is 10.8. The average Bonchev–Trinajstić information content (AvgIpc) is 3.00. The summed E-state index contributed by atoms with van der Waals surface area (Å²) in [5, 5.41) is 3.74. The van der Waals surface area contributed by atoms with Crippen molar-refractivity contribution < 1.29 is 0 Å². The van der Waals surface area contributed by atoms with Gasteiger partial charge in [-0.2, -0.15) is 0 Å². The zero-order chi connectivity index (χ0) is 11.0. The van der Waals surface area contributed by atoms with Crippen LogP contribution in [-0.4, -0.2) is 12.6 Å². The summed E-state index contributed by atoms with van der Waals surface area (Å²) in [4.78, 5) is 0. The normalized spacial score (nSPS) is 44.1. The van der Waals surface area contributed by atoms with Gasteiger partial charge in [0.1, 0.15) is 0 Å². The third-order valence-electron chi connectivity index (χ3n) is 5.30. The summed E-state index contributed by atoms with van der Waals surface area (Å²) in [6, 6.07) is 0.909. The molecule has 3 aliphatic carbocycles. The first-order valence-electron chi connectivity index (χ1n) is 7.56. The fourth-order valence-corrected chi connectivity index (χ4v) is 3.94. The third-order valence-corrected chi connectivity index (χ3v) is 5.30. The van der Waals surface area contributed by atoms with Gasteiger partial charge in [-0.1, -0.05) is 26.2 Å². The molecule has 3 aliphatic rings. The van der Waals surface area contributed by atoms with Gasteiger partial charge < -0.3 is 5.32 Å². The minimum atomic E-state index is 0.909. The highest BCUT2D eigenvalue weighted by Gasteiger charge is 2.38. The Bertz CT molecular complexity index is 234. The Balaban J connectivity index is 1.45. The van der Waals surface area contributed by atoms with E-state index >= 15 is 0 Å². The Morgan fingerprint density at radius 1 is 1.00 bits per heavy atom. The van der Waals surface area contributed by atoms with Crippen molar-refractivity contribution in [2.75, 3.05) is 6.54 Å². The summed E-state index contributed by atoms with van der Waals surface area (Å²) in [5.74, 6) is 4.23. The molecule has 0 radical (unpaired) electrons. The van der Waals surface area contributed by atoms with Crippen LogP contribution in [0.2, 0.25) is 0 Å². The largest absolute Gasteiger partial charge is 0.314 e. The fourth-order valence-electron chi connectivity index (χ4n) is 3.94. The molecule has 0 amide bonds. The van der Waals surface area contributed by atoms with Crippen molar-refractivity contribution in [1.29, 1.82) is 0 Å². The molecule has 92 valence electrons. The van der Waals surface area contributed by atoms with E-state index in [-0.39, 0.29) is 0 Å². The van der Waals surface area contributed by atoms with E-state index in [9.17, 15) is 0 Å². The van der Waals surface area contributed by atoms with Gasteiger partial charge in [0.05, 0.1) is 0 Å². The lowest BCUT2D eigenvalue weighted by atomic mass is 9.62. The number of hydrogen-bond acceptors (Lipinski definition) is 1. The average molecular weight is 221 g/mol. The molecule has 0 aliphatic heterocycles. The first-order chi connectivity index (χ1) is 7.83. The molecule has 3 saturated carbocycles. The minimum absolute atomic E-state index is 0.909. The van der Waals surface area contributed by atoms with Gasteiger partial charge in [-0.15, -0.1) is 0 Å². The van der Waals surface area contributed by atoms with E-state index in [0.29, 0.717) is 0 Å². The molecule has 0 heterocycles.